The van der Waals surface area contributed by atoms with E-state index in [4.69, 9.17) is 27.9 Å². The van der Waals surface area contributed by atoms with Crippen LogP contribution in [0.1, 0.15) is 10.5 Å². The van der Waals surface area contributed by atoms with Crippen molar-refractivity contribution in [1.82, 2.24) is 10.2 Å². The summed E-state index contributed by atoms with van der Waals surface area (Å²) in [6.45, 7) is 0. The molecule has 0 aliphatic heterocycles. The first-order valence-electron chi connectivity index (χ1n) is 7.45. The molecule has 0 aliphatic carbocycles. The van der Waals surface area contributed by atoms with Crippen LogP contribution in [0.4, 0.5) is 10.1 Å². The van der Waals surface area contributed by atoms with Crippen molar-refractivity contribution >= 4 is 34.8 Å². The molecule has 0 N–H and O–H groups in total. The van der Waals surface area contributed by atoms with Gasteiger partial charge in [0.25, 0.3) is 5.91 Å². The Morgan fingerprint density at radius 1 is 1.04 bits per heavy atom. The first kappa shape index (κ1) is 18.1. The van der Waals surface area contributed by atoms with Gasteiger partial charge in [-0.15, -0.1) is 10.2 Å². The number of nitrogens with zero attached hydrogens (tertiary/aromatic N) is 3. The van der Waals surface area contributed by atoms with Crippen molar-refractivity contribution in [1.29, 1.82) is 0 Å². The van der Waals surface area contributed by atoms with Crippen molar-refractivity contribution in [2.75, 3.05) is 11.9 Å². The number of halogens is 3. The lowest BCUT2D eigenvalue weighted by Crippen LogP contribution is -2.27. The fraction of sp³-hybridized carbons (Fsp3) is 0.0556. The minimum absolute atomic E-state index is 0.112. The Bertz CT molecular complexity index is 934. The zero-order valence-corrected chi connectivity index (χ0v) is 15.0. The fourth-order valence-corrected chi connectivity index (χ4v) is 2.45. The van der Waals surface area contributed by atoms with Gasteiger partial charge in [-0.3, -0.25) is 4.79 Å². The van der Waals surface area contributed by atoms with E-state index in [1.165, 1.54) is 41.3 Å². The minimum atomic E-state index is -0.392. The molecule has 0 fully saturated rings. The summed E-state index contributed by atoms with van der Waals surface area (Å²) < 4.78 is 18.5. The van der Waals surface area contributed by atoms with Gasteiger partial charge in [0.1, 0.15) is 16.6 Å². The predicted octanol–water partition coefficient (Wildman–Crippen LogP) is 4.99. The Kier molecular flexibility index (Phi) is 5.35. The molecule has 5 nitrogen and oxygen atoms in total. The van der Waals surface area contributed by atoms with Crippen LogP contribution in [-0.4, -0.2) is 23.2 Å². The monoisotopic (exact) mass is 391 g/mol. The third kappa shape index (κ3) is 3.92. The number of hydrogen-bond acceptors (Lipinski definition) is 4. The first-order chi connectivity index (χ1) is 12.5. The third-order valence-corrected chi connectivity index (χ3v) is 4.31. The molecule has 3 rings (SSSR count). The van der Waals surface area contributed by atoms with Crippen LogP contribution in [0.2, 0.25) is 10.0 Å². The van der Waals surface area contributed by atoms with Gasteiger partial charge in [-0.05, 0) is 42.5 Å². The molecule has 1 aromatic heterocycles. The Morgan fingerprint density at radius 2 is 1.77 bits per heavy atom. The van der Waals surface area contributed by atoms with Crippen molar-refractivity contribution in [3.63, 3.8) is 0 Å². The summed E-state index contributed by atoms with van der Waals surface area (Å²) in [7, 11) is 1.56. The maximum atomic E-state index is 13.0. The highest BCUT2D eigenvalue weighted by molar-refractivity contribution is 6.42. The lowest BCUT2D eigenvalue weighted by atomic mass is 10.2. The average molecular weight is 392 g/mol. The maximum absolute atomic E-state index is 13.0. The zero-order chi connectivity index (χ0) is 18.7. The molecular weight excluding hydrogens is 380 g/mol. The Labute approximate surface area is 158 Å². The van der Waals surface area contributed by atoms with E-state index < -0.39 is 5.91 Å². The van der Waals surface area contributed by atoms with Gasteiger partial charge >= 0.3 is 0 Å². The van der Waals surface area contributed by atoms with Crippen LogP contribution < -0.4 is 9.64 Å². The lowest BCUT2D eigenvalue weighted by Gasteiger charge is -2.16. The van der Waals surface area contributed by atoms with E-state index in [9.17, 15) is 9.18 Å². The van der Waals surface area contributed by atoms with Gasteiger partial charge in [0.15, 0.2) is 5.69 Å². The van der Waals surface area contributed by atoms with Crippen LogP contribution in [0.25, 0.3) is 0 Å². The van der Waals surface area contributed by atoms with Gasteiger partial charge in [-0.1, -0.05) is 29.3 Å². The van der Waals surface area contributed by atoms with Crippen LogP contribution in [0.15, 0.2) is 54.6 Å². The van der Waals surface area contributed by atoms with Crippen LogP contribution in [-0.2, 0) is 0 Å². The number of aromatic nitrogens is 2. The van der Waals surface area contributed by atoms with Gasteiger partial charge in [0.2, 0.25) is 5.88 Å². The number of ether oxygens (including phenoxy) is 1. The highest BCUT2D eigenvalue weighted by atomic mass is 35.5. The maximum Gasteiger partial charge on any atom is 0.278 e. The molecule has 132 valence electrons. The molecule has 3 aromatic rings. The normalized spacial score (nSPS) is 10.5. The standard InChI is InChI=1S/C18H12Cl2FN3O2/c1-24(12-7-5-11(21)6-8-12)18(25)14-9-10-16(23-22-14)26-15-4-2-3-13(19)17(15)20/h2-10H,1H3. The fourth-order valence-electron chi connectivity index (χ4n) is 2.12. The van der Waals surface area contributed by atoms with Gasteiger partial charge in [-0.2, -0.15) is 0 Å². The second-order valence-corrected chi connectivity index (χ2v) is 6.04. The Hall–Kier alpha value is -2.70. The molecule has 1 amide bonds. The number of carbonyl (C=O) groups excluding carboxylic acids is 1. The van der Waals surface area contributed by atoms with E-state index in [0.29, 0.717) is 16.5 Å². The Balaban J connectivity index is 1.75. The van der Waals surface area contributed by atoms with Crippen molar-refractivity contribution in [2.24, 2.45) is 0 Å². The predicted molar refractivity (Wildman–Crippen MR) is 97.7 cm³/mol. The van der Waals surface area contributed by atoms with Gasteiger partial charge in [-0.25, -0.2) is 4.39 Å². The third-order valence-electron chi connectivity index (χ3n) is 3.51. The van der Waals surface area contributed by atoms with Gasteiger partial charge in [0, 0.05) is 18.8 Å². The van der Waals surface area contributed by atoms with Crippen molar-refractivity contribution in [3.8, 4) is 11.6 Å². The smallest absolute Gasteiger partial charge is 0.278 e. The lowest BCUT2D eigenvalue weighted by molar-refractivity contribution is 0.0987. The van der Waals surface area contributed by atoms with Crippen LogP contribution >= 0.6 is 23.2 Å². The quantitative estimate of drug-likeness (QED) is 0.628. The second kappa shape index (κ2) is 7.68. The summed E-state index contributed by atoms with van der Waals surface area (Å²) in [6.07, 6.45) is 0. The number of carbonyl (C=O) groups is 1. The summed E-state index contributed by atoms with van der Waals surface area (Å²) >= 11 is 12.0. The van der Waals surface area contributed by atoms with Crippen molar-refractivity contribution in [2.45, 2.75) is 0 Å². The highest BCUT2D eigenvalue weighted by Gasteiger charge is 2.16. The number of anilines is 1. The summed E-state index contributed by atoms with van der Waals surface area (Å²) in [6, 6.07) is 13.5. The SMILES string of the molecule is CN(C(=O)c1ccc(Oc2cccc(Cl)c2Cl)nn1)c1ccc(F)cc1. The number of rotatable bonds is 4. The van der Waals surface area contributed by atoms with E-state index in [1.54, 1.807) is 25.2 Å². The van der Waals surface area contributed by atoms with Gasteiger partial charge < -0.3 is 9.64 Å². The zero-order valence-electron chi connectivity index (χ0n) is 13.5. The van der Waals surface area contributed by atoms with E-state index in [0.717, 1.165) is 0 Å². The second-order valence-electron chi connectivity index (χ2n) is 5.25. The van der Waals surface area contributed by atoms with Crippen LogP contribution in [0, 0.1) is 5.82 Å². The topological polar surface area (TPSA) is 55.3 Å². The molecule has 0 atom stereocenters. The van der Waals surface area contributed by atoms with E-state index in [2.05, 4.69) is 10.2 Å². The van der Waals surface area contributed by atoms with Crippen LogP contribution in [0.5, 0.6) is 11.6 Å². The molecule has 8 heteroatoms. The molecule has 2 aromatic carbocycles. The first-order valence-corrected chi connectivity index (χ1v) is 8.20. The minimum Gasteiger partial charge on any atom is -0.436 e. The molecule has 0 spiro atoms. The molecule has 26 heavy (non-hydrogen) atoms. The van der Waals surface area contributed by atoms with Crippen molar-refractivity contribution < 1.29 is 13.9 Å². The summed E-state index contributed by atoms with van der Waals surface area (Å²) in [5.41, 5.74) is 0.644. The molecule has 0 aliphatic rings. The van der Waals surface area contributed by atoms with E-state index in [-0.39, 0.29) is 22.4 Å². The average Bonchev–Trinajstić information content (AvgIpc) is 2.65. The Morgan fingerprint density at radius 3 is 2.42 bits per heavy atom. The van der Waals surface area contributed by atoms with E-state index in [1.807, 2.05) is 0 Å². The van der Waals surface area contributed by atoms with E-state index >= 15 is 0 Å². The number of hydrogen-bond donors (Lipinski definition) is 0. The summed E-state index contributed by atoms with van der Waals surface area (Å²) in [5.74, 6) is -0.280. The van der Waals surface area contributed by atoms with Gasteiger partial charge in [0.05, 0.1) is 5.02 Å². The largest absolute Gasteiger partial charge is 0.436 e. The highest BCUT2D eigenvalue weighted by Crippen LogP contribution is 2.33. The molecule has 0 bridgehead atoms. The number of amides is 1. The molecule has 0 saturated heterocycles. The van der Waals surface area contributed by atoms with Crippen molar-refractivity contribution in [3.05, 3.63) is 76.2 Å². The molecule has 0 unspecified atom stereocenters. The molecule has 0 saturated carbocycles. The summed E-state index contributed by atoms with van der Waals surface area (Å²) in [4.78, 5) is 13.8. The van der Waals surface area contributed by atoms with Crippen LogP contribution in [0.3, 0.4) is 0 Å². The molecular formula is C18H12Cl2FN3O2. The number of benzene rings is 2. The molecule has 0 radical (unpaired) electrons. The summed E-state index contributed by atoms with van der Waals surface area (Å²) in [5, 5.41) is 8.36. The molecule has 1 heterocycles.